The zero-order valence-electron chi connectivity index (χ0n) is 17.9. The summed E-state index contributed by atoms with van der Waals surface area (Å²) in [5.41, 5.74) is -0.233. The van der Waals surface area contributed by atoms with Crippen molar-refractivity contribution < 1.29 is 23.5 Å². The Morgan fingerprint density at radius 3 is 2.35 bits per heavy atom. The van der Waals surface area contributed by atoms with Gasteiger partial charge < -0.3 is 20.1 Å². The lowest BCUT2D eigenvalue weighted by Gasteiger charge is -2.30. The number of carbonyl (C=O) groups excluding carboxylic acids is 2. The third kappa shape index (κ3) is 7.30. The predicted molar refractivity (Wildman–Crippen MR) is 113 cm³/mol. The molecular weight excluding hydrogens is 401 g/mol. The van der Waals surface area contributed by atoms with E-state index >= 15 is 0 Å². The fourth-order valence-electron chi connectivity index (χ4n) is 2.66. The van der Waals surface area contributed by atoms with Crippen molar-refractivity contribution in [3.8, 4) is 17.6 Å². The van der Waals surface area contributed by atoms with Crippen LogP contribution in [-0.2, 0) is 4.79 Å². The molecule has 0 heterocycles. The predicted octanol–water partition coefficient (Wildman–Crippen LogP) is 3.78. The Balaban J connectivity index is 1.95. The fraction of sp³-hybridized carbons (Fsp3) is 0.348. The van der Waals surface area contributed by atoms with E-state index in [0.717, 1.165) is 0 Å². The van der Waals surface area contributed by atoms with Gasteiger partial charge in [0.25, 0.3) is 0 Å². The quantitative estimate of drug-likeness (QED) is 0.668. The van der Waals surface area contributed by atoms with E-state index in [1.165, 1.54) is 24.3 Å². The molecule has 2 N–H and O–H groups in total. The topological polar surface area (TPSA) is 100 Å². The van der Waals surface area contributed by atoms with Crippen molar-refractivity contribution in [3.05, 3.63) is 59.9 Å². The Kier molecular flexibility index (Phi) is 7.97. The first-order valence-corrected chi connectivity index (χ1v) is 9.79. The number of para-hydroxylation sites is 1. The first-order valence-electron chi connectivity index (χ1n) is 9.79. The van der Waals surface area contributed by atoms with Crippen molar-refractivity contribution in [2.24, 2.45) is 5.92 Å². The van der Waals surface area contributed by atoms with E-state index in [1.807, 2.05) is 6.07 Å². The van der Waals surface area contributed by atoms with Crippen molar-refractivity contribution in [1.29, 1.82) is 5.26 Å². The van der Waals surface area contributed by atoms with Crippen LogP contribution >= 0.6 is 0 Å². The molecule has 2 aromatic carbocycles. The summed E-state index contributed by atoms with van der Waals surface area (Å²) in [5, 5.41) is 14.2. The lowest BCUT2D eigenvalue weighted by molar-refractivity contribution is -0.126. The maximum absolute atomic E-state index is 13.7. The monoisotopic (exact) mass is 427 g/mol. The van der Waals surface area contributed by atoms with Crippen LogP contribution in [0.15, 0.2) is 48.5 Å². The Bertz CT molecular complexity index is 952. The average Bonchev–Trinajstić information content (AvgIpc) is 2.72. The molecule has 0 fully saturated rings. The van der Waals surface area contributed by atoms with E-state index in [0.29, 0.717) is 11.3 Å². The maximum atomic E-state index is 13.7. The van der Waals surface area contributed by atoms with Crippen molar-refractivity contribution >= 4 is 12.0 Å². The lowest BCUT2D eigenvalue weighted by atomic mass is 10.0. The summed E-state index contributed by atoms with van der Waals surface area (Å²) in [5.74, 6) is -1.01. The number of amides is 2. The van der Waals surface area contributed by atoms with E-state index in [9.17, 15) is 14.0 Å². The normalized spacial score (nSPS) is 11.9. The number of carbonyl (C=O) groups is 2. The van der Waals surface area contributed by atoms with Gasteiger partial charge in [0.15, 0.2) is 11.6 Å². The standard InChI is InChI=1S/C23H26FN3O4/c1-15(2)20(26-22(29)31-19-8-6-5-7-18(19)24)21(28)27-23(3,4)14-30-17-11-9-16(13-25)10-12-17/h5-12,15,20H,14H2,1-4H3,(H,26,29)(H,27,28)/t20-/m0/s1. The smallest absolute Gasteiger partial charge is 0.413 e. The molecule has 2 rings (SSSR count). The molecule has 7 nitrogen and oxygen atoms in total. The first-order chi connectivity index (χ1) is 14.6. The molecule has 1 atom stereocenters. The van der Waals surface area contributed by atoms with Crippen molar-refractivity contribution in [2.75, 3.05) is 6.61 Å². The zero-order chi connectivity index (χ0) is 23.0. The van der Waals surface area contributed by atoms with Crippen LogP contribution in [0.25, 0.3) is 0 Å². The molecule has 31 heavy (non-hydrogen) atoms. The fourth-order valence-corrected chi connectivity index (χ4v) is 2.66. The molecule has 0 aliphatic rings. The molecule has 0 aromatic heterocycles. The van der Waals surface area contributed by atoms with Gasteiger partial charge in [0, 0.05) is 0 Å². The third-order valence-corrected chi connectivity index (χ3v) is 4.31. The van der Waals surface area contributed by atoms with Gasteiger partial charge in [-0.05, 0) is 56.2 Å². The molecule has 8 heteroatoms. The third-order valence-electron chi connectivity index (χ3n) is 4.31. The first kappa shape index (κ1) is 23.7. The van der Waals surface area contributed by atoms with E-state index in [-0.39, 0.29) is 18.3 Å². The highest BCUT2D eigenvalue weighted by Gasteiger charge is 2.30. The van der Waals surface area contributed by atoms with Gasteiger partial charge in [0.2, 0.25) is 5.91 Å². The van der Waals surface area contributed by atoms with Gasteiger partial charge in [0.05, 0.1) is 17.2 Å². The Labute approximate surface area is 181 Å². The van der Waals surface area contributed by atoms with E-state index in [1.54, 1.807) is 52.0 Å². The van der Waals surface area contributed by atoms with Gasteiger partial charge in [0.1, 0.15) is 18.4 Å². The van der Waals surface area contributed by atoms with Crippen LogP contribution in [0.5, 0.6) is 11.5 Å². The van der Waals surface area contributed by atoms with Gasteiger partial charge in [-0.25, -0.2) is 9.18 Å². The van der Waals surface area contributed by atoms with Crippen LogP contribution in [0.1, 0.15) is 33.3 Å². The van der Waals surface area contributed by atoms with Gasteiger partial charge in [-0.3, -0.25) is 4.79 Å². The van der Waals surface area contributed by atoms with Crippen molar-refractivity contribution in [2.45, 2.75) is 39.3 Å². The zero-order valence-corrected chi connectivity index (χ0v) is 17.9. The number of halogens is 1. The lowest BCUT2D eigenvalue weighted by Crippen LogP contribution is -2.57. The van der Waals surface area contributed by atoms with Crippen LogP contribution in [0.2, 0.25) is 0 Å². The van der Waals surface area contributed by atoms with Crippen LogP contribution in [0.3, 0.4) is 0 Å². The van der Waals surface area contributed by atoms with Gasteiger partial charge in [-0.15, -0.1) is 0 Å². The van der Waals surface area contributed by atoms with Gasteiger partial charge >= 0.3 is 6.09 Å². The number of hydrogen-bond acceptors (Lipinski definition) is 5. The van der Waals surface area contributed by atoms with Crippen LogP contribution in [0, 0.1) is 23.1 Å². The second-order valence-electron chi connectivity index (χ2n) is 7.98. The average molecular weight is 427 g/mol. The summed E-state index contributed by atoms with van der Waals surface area (Å²) in [6, 6.07) is 13.3. The summed E-state index contributed by atoms with van der Waals surface area (Å²) in [6.45, 7) is 7.27. The Morgan fingerprint density at radius 1 is 1.13 bits per heavy atom. The largest absolute Gasteiger partial charge is 0.491 e. The second kappa shape index (κ2) is 10.4. The minimum absolute atomic E-state index is 0.162. The molecule has 2 amide bonds. The van der Waals surface area contributed by atoms with E-state index in [2.05, 4.69) is 10.6 Å². The molecule has 0 saturated heterocycles. The molecule has 0 bridgehead atoms. The molecule has 0 spiro atoms. The van der Waals surface area contributed by atoms with Gasteiger partial charge in [-0.1, -0.05) is 26.0 Å². The molecule has 0 aliphatic heterocycles. The highest BCUT2D eigenvalue weighted by molar-refractivity contribution is 5.86. The van der Waals surface area contributed by atoms with Crippen LogP contribution < -0.4 is 20.1 Å². The molecule has 2 aromatic rings. The summed E-state index contributed by atoms with van der Waals surface area (Å²) in [7, 11) is 0. The number of nitrogens with zero attached hydrogens (tertiary/aromatic N) is 1. The van der Waals surface area contributed by atoms with Crippen LogP contribution in [0.4, 0.5) is 9.18 Å². The van der Waals surface area contributed by atoms with Crippen molar-refractivity contribution in [1.82, 2.24) is 10.6 Å². The number of benzene rings is 2. The highest BCUT2D eigenvalue weighted by Crippen LogP contribution is 2.17. The second-order valence-corrected chi connectivity index (χ2v) is 7.98. The Hall–Kier alpha value is -3.60. The SMILES string of the molecule is CC(C)[C@H](NC(=O)Oc1ccccc1F)C(=O)NC(C)(C)COc1ccc(C#N)cc1. The minimum atomic E-state index is -0.925. The number of rotatable bonds is 8. The van der Waals surface area contributed by atoms with E-state index < -0.39 is 29.4 Å². The maximum Gasteiger partial charge on any atom is 0.413 e. The minimum Gasteiger partial charge on any atom is -0.491 e. The number of nitriles is 1. The number of ether oxygens (including phenoxy) is 2. The summed E-state index contributed by atoms with van der Waals surface area (Å²) in [4.78, 5) is 25.0. The van der Waals surface area contributed by atoms with Crippen LogP contribution in [-0.4, -0.2) is 30.2 Å². The summed E-state index contributed by atoms with van der Waals surface area (Å²) in [6.07, 6.45) is -0.925. The number of hydrogen-bond donors (Lipinski definition) is 2. The highest BCUT2D eigenvalue weighted by atomic mass is 19.1. The molecular formula is C23H26FN3O4. The number of nitrogens with one attached hydrogen (secondary N) is 2. The van der Waals surface area contributed by atoms with Crippen molar-refractivity contribution in [3.63, 3.8) is 0 Å². The Morgan fingerprint density at radius 2 is 1.77 bits per heavy atom. The summed E-state index contributed by atoms with van der Waals surface area (Å²) >= 11 is 0. The van der Waals surface area contributed by atoms with E-state index in [4.69, 9.17) is 14.7 Å². The molecule has 0 aliphatic carbocycles. The molecule has 0 radical (unpaired) electrons. The molecule has 0 saturated carbocycles. The van der Waals surface area contributed by atoms with Gasteiger partial charge in [-0.2, -0.15) is 5.26 Å². The molecule has 164 valence electrons. The molecule has 0 unspecified atom stereocenters. The summed E-state index contributed by atoms with van der Waals surface area (Å²) < 4.78 is 24.4.